The molecule has 28 heavy (non-hydrogen) atoms. The maximum Gasteiger partial charge on any atom is 0.263 e. The van der Waals surface area contributed by atoms with Gasteiger partial charge in [-0.05, 0) is 18.2 Å². The smallest absolute Gasteiger partial charge is 0.263 e. The van der Waals surface area contributed by atoms with E-state index in [-0.39, 0.29) is 17.4 Å². The minimum atomic E-state index is -0.367. The minimum Gasteiger partial charge on any atom is -0.497 e. The van der Waals surface area contributed by atoms with Crippen LogP contribution in [-0.2, 0) is 4.79 Å². The van der Waals surface area contributed by atoms with Crippen LogP contribution in [0, 0.1) is 0 Å². The first kappa shape index (κ1) is 18.2. The van der Waals surface area contributed by atoms with Crippen LogP contribution in [0.4, 0.5) is 5.69 Å². The SMILES string of the molecule is COc1cccc(NC(=O)c2cncc3cc(C=C4SC(=S)NC4=O)oc23)c1. The Labute approximate surface area is 169 Å². The molecule has 3 aromatic rings. The van der Waals surface area contributed by atoms with E-state index >= 15 is 0 Å². The molecule has 4 rings (SSSR count). The van der Waals surface area contributed by atoms with Gasteiger partial charge in [-0.1, -0.05) is 30.0 Å². The highest BCUT2D eigenvalue weighted by Crippen LogP contribution is 2.29. The van der Waals surface area contributed by atoms with Crippen LogP contribution in [0.5, 0.6) is 5.75 Å². The molecule has 2 aromatic heterocycles. The number of hydrogen-bond acceptors (Lipinski definition) is 7. The Kier molecular flexibility index (Phi) is 4.84. The maximum absolute atomic E-state index is 12.7. The largest absolute Gasteiger partial charge is 0.497 e. The summed E-state index contributed by atoms with van der Waals surface area (Å²) in [7, 11) is 1.56. The molecule has 0 bridgehead atoms. The van der Waals surface area contributed by atoms with Crippen LogP contribution < -0.4 is 15.4 Å². The number of carbonyl (C=O) groups excluding carboxylic acids is 2. The standard InChI is InChI=1S/C19H13N3O4S2/c1-25-12-4-2-3-11(6-12)21-17(23)14-9-20-8-10-5-13(26-16(10)14)7-15-18(24)22-19(27)28-15/h2-9H,1H3,(H,21,23)(H,22,24,27). The Morgan fingerprint density at radius 3 is 2.96 bits per heavy atom. The molecule has 2 N–H and O–H groups in total. The van der Waals surface area contributed by atoms with Crippen molar-refractivity contribution in [3.05, 3.63) is 59.0 Å². The summed E-state index contributed by atoms with van der Waals surface area (Å²) in [6.45, 7) is 0. The normalized spacial score (nSPS) is 15.1. The van der Waals surface area contributed by atoms with Crippen molar-refractivity contribution in [3.8, 4) is 5.75 Å². The van der Waals surface area contributed by atoms with Crippen LogP contribution in [0.25, 0.3) is 17.0 Å². The molecule has 1 saturated heterocycles. The summed E-state index contributed by atoms with van der Waals surface area (Å²) in [5.74, 6) is 0.422. The van der Waals surface area contributed by atoms with Gasteiger partial charge in [-0.3, -0.25) is 14.6 Å². The highest BCUT2D eigenvalue weighted by molar-refractivity contribution is 8.26. The van der Waals surface area contributed by atoms with E-state index in [9.17, 15) is 9.59 Å². The number of fused-ring (bicyclic) bond motifs is 1. The molecule has 0 unspecified atom stereocenters. The molecule has 7 nitrogen and oxygen atoms in total. The second-order valence-electron chi connectivity index (χ2n) is 5.79. The summed E-state index contributed by atoms with van der Waals surface area (Å²) in [6, 6.07) is 8.74. The number of anilines is 1. The van der Waals surface area contributed by atoms with Crippen LogP contribution >= 0.6 is 24.0 Å². The van der Waals surface area contributed by atoms with Gasteiger partial charge in [0.15, 0.2) is 5.58 Å². The molecule has 1 aliphatic rings. The molecule has 0 atom stereocenters. The first-order valence-corrected chi connectivity index (χ1v) is 9.34. The number of ether oxygens (including phenoxy) is 1. The summed E-state index contributed by atoms with van der Waals surface area (Å²) in [5, 5.41) is 6.00. The van der Waals surface area contributed by atoms with Crippen molar-refractivity contribution in [2.75, 3.05) is 12.4 Å². The lowest BCUT2D eigenvalue weighted by Crippen LogP contribution is -2.17. The average Bonchev–Trinajstić information content (AvgIpc) is 3.23. The van der Waals surface area contributed by atoms with E-state index < -0.39 is 0 Å². The zero-order valence-corrected chi connectivity index (χ0v) is 16.1. The number of carbonyl (C=O) groups is 2. The summed E-state index contributed by atoms with van der Waals surface area (Å²) in [4.78, 5) is 29.1. The maximum atomic E-state index is 12.7. The molecule has 0 radical (unpaired) electrons. The van der Waals surface area contributed by atoms with Gasteiger partial charge in [0.1, 0.15) is 21.4 Å². The molecular weight excluding hydrogens is 398 g/mol. The molecule has 140 valence electrons. The monoisotopic (exact) mass is 411 g/mol. The van der Waals surface area contributed by atoms with Crippen molar-refractivity contribution in [1.82, 2.24) is 10.3 Å². The van der Waals surface area contributed by atoms with Gasteiger partial charge in [-0.15, -0.1) is 0 Å². The second kappa shape index (κ2) is 7.45. The fourth-order valence-corrected chi connectivity index (χ4v) is 3.69. The highest BCUT2D eigenvalue weighted by atomic mass is 32.2. The molecule has 1 fully saturated rings. The number of nitrogens with one attached hydrogen (secondary N) is 2. The Morgan fingerprint density at radius 1 is 1.36 bits per heavy atom. The second-order valence-corrected chi connectivity index (χ2v) is 7.51. The minimum absolute atomic E-state index is 0.274. The van der Waals surface area contributed by atoms with E-state index in [1.165, 1.54) is 6.20 Å². The van der Waals surface area contributed by atoms with Gasteiger partial charge in [-0.25, -0.2) is 0 Å². The average molecular weight is 411 g/mol. The quantitative estimate of drug-likeness (QED) is 0.501. The zero-order chi connectivity index (χ0) is 19.7. The third-order valence-corrected chi connectivity index (χ3v) is 5.09. The zero-order valence-electron chi connectivity index (χ0n) is 14.5. The van der Waals surface area contributed by atoms with Crippen LogP contribution in [0.3, 0.4) is 0 Å². The number of benzene rings is 1. The lowest BCUT2D eigenvalue weighted by Gasteiger charge is -2.07. The summed E-state index contributed by atoms with van der Waals surface area (Å²) < 4.78 is 11.4. The van der Waals surface area contributed by atoms with Crippen LogP contribution in [-0.4, -0.2) is 28.2 Å². The van der Waals surface area contributed by atoms with Crippen molar-refractivity contribution in [2.45, 2.75) is 0 Å². The molecule has 2 amide bonds. The third kappa shape index (κ3) is 3.62. The van der Waals surface area contributed by atoms with E-state index in [0.717, 1.165) is 11.8 Å². The van der Waals surface area contributed by atoms with Crippen molar-refractivity contribution in [1.29, 1.82) is 0 Å². The summed E-state index contributed by atoms with van der Waals surface area (Å²) in [5.41, 5.74) is 1.25. The summed E-state index contributed by atoms with van der Waals surface area (Å²) in [6.07, 6.45) is 4.61. The van der Waals surface area contributed by atoms with E-state index in [1.54, 1.807) is 49.7 Å². The number of pyridine rings is 1. The van der Waals surface area contributed by atoms with Crippen molar-refractivity contribution in [3.63, 3.8) is 0 Å². The van der Waals surface area contributed by atoms with Gasteiger partial charge in [-0.2, -0.15) is 0 Å². The molecule has 0 aliphatic carbocycles. The Hall–Kier alpha value is -3.17. The van der Waals surface area contributed by atoms with Crippen LogP contribution in [0.2, 0.25) is 0 Å². The first-order chi connectivity index (χ1) is 13.5. The number of aromatic nitrogens is 1. The van der Waals surface area contributed by atoms with Crippen molar-refractivity contribution in [2.24, 2.45) is 0 Å². The van der Waals surface area contributed by atoms with Crippen LogP contribution in [0.1, 0.15) is 16.1 Å². The van der Waals surface area contributed by atoms with Gasteiger partial charge in [0.25, 0.3) is 11.8 Å². The lowest BCUT2D eigenvalue weighted by atomic mass is 10.2. The number of thioether (sulfide) groups is 1. The lowest BCUT2D eigenvalue weighted by molar-refractivity contribution is -0.115. The number of hydrogen-bond donors (Lipinski definition) is 2. The van der Waals surface area contributed by atoms with Crippen molar-refractivity contribution >= 4 is 62.8 Å². The van der Waals surface area contributed by atoms with E-state index in [4.69, 9.17) is 21.4 Å². The fourth-order valence-electron chi connectivity index (χ4n) is 2.66. The molecular formula is C19H13N3O4S2. The Balaban J connectivity index is 1.65. The molecule has 9 heteroatoms. The number of rotatable bonds is 4. The van der Waals surface area contributed by atoms with Gasteiger partial charge < -0.3 is 19.8 Å². The predicted molar refractivity (Wildman–Crippen MR) is 111 cm³/mol. The van der Waals surface area contributed by atoms with E-state index in [1.807, 2.05) is 0 Å². The summed E-state index contributed by atoms with van der Waals surface area (Å²) >= 11 is 6.14. The predicted octanol–water partition coefficient (Wildman–Crippen LogP) is 3.58. The van der Waals surface area contributed by atoms with Gasteiger partial charge >= 0.3 is 0 Å². The third-order valence-electron chi connectivity index (χ3n) is 3.93. The molecule has 1 aliphatic heterocycles. The number of methoxy groups -OCH3 is 1. The van der Waals surface area contributed by atoms with Crippen molar-refractivity contribution < 1.29 is 18.7 Å². The van der Waals surface area contributed by atoms with Gasteiger partial charge in [0.05, 0.1) is 12.0 Å². The van der Waals surface area contributed by atoms with E-state index in [2.05, 4.69) is 15.6 Å². The molecule has 0 saturated carbocycles. The topological polar surface area (TPSA) is 93.5 Å². The number of nitrogens with zero attached hydrogens (tertiary/aromatic N) is 1. The first-order valence-electron chi connectivity index (χ1n) is 8.11. The van der Waals surface area contributed by atoms with Gasteiger partial charge in [0.2, 0.25) is 0 Å². The number of amides is 2. The Morgan fingerprint density at radius 2 is 2.21 bits per heavy atom. The fraction of sp³-hybridized carbons (Fsp3) is 0.0526. The Bertz CT molecular complexity index is 1150. The molecule has 1 aromatic carbocycles. The van der Waals surface area contributed by atoms with E-state index in [0.29, 0.717) is 37.4 Å². The molecule has 3 heterocycles. The highest BCUT2D eigenvalue weighted by Gasteiger charge is 2.23. The van der Waals surface area contributed by atoms with Gasteiger partial charge in [0, 0.05) is 35.6 Å². The van der Waals surface area contributed by atoms with Crippen LogP contribution in [0.15, 0.2) is 52.0 Å². The molecule has 0 spiro atoms. The number of furan rings is 1. The number of thiocarbonyl (C=S) groups is 1.